The lowest BCUT2D eigenvalue weighted by Crippen LogP contribution is -2.42. The molecule has 0 unspecified atom stereocenters. The molecule has 0 spiro atoms. The zero-order valence-corrected chi connectivity index (χ0v) is 21.3. The molecule has 0 saturated heterocycles. The summed E-state index contributed by atoms with van der Waals surface area (Å²) in [7, 11) is 4.08. The zero-order chi connectivity index (χ0) is 24.2. The largest absolute Gasteiger partial charge is 0.481 e. The van der Waals surface area contributed by atoms with Gasteiger partial charge in [-0.05, 0) is 43.9 Å². The van der Waals surface area contributed by atoms with Crippen LogP contribution in [0.5, 0.6) is 5.75 Å². The molecule has 1 aliphatic rings. The molecule has 4 rings (SSSR count). The Morgan fingerprint density at radius 2 is 1.68 bits per heavy atom. The van der Waals surface area contributed by atoms with Crippen LogP contribution >= 0.6 is 34.8 Å². The van der Waals surface area contributed by atoms with Crippen LogP contribution in [0.15, 0.2) is 42.5 Å². The Morgan fingerprint density at radius 3 is 2.35 bits per heavy atom. The van der Waals surface area contributed by atoms with Crippen LogP contribution in [-0.2, 0) is 4.79 Å². The molecule has 34 heavy (non-hydrogen) atoms. The average Bonchev–Trinajstić information content (AvgIpc) is 2.79. The van der Waals surface area contributed by atoms with Crippen molar-refractivity contribution in [1.29, 1.82) is 0 Å². The zero-order valence-electron chi connectivity index (χ0n) is 19.1. The van der Waals surface area contributed by atoms with Crippen molar-refractivity contribution in [3.8, 4) is 5.75 Å². The van der Waals surface area contributed by atoms with Crippen LogP contribution in [0.3, 0.4) is 0 Å². The Bertz CT molecular complexity index is 1160. The molecule has 3 aromatic rings. The molecular weight excluding hydrogens is 495 g/mol. The molecular formula is C25H27Cl3N4O2. The highest BCUT2D eigenvalue weighted by Gasteiger charge is 2.23. The predicted octanol–water partition coefficient (Wildman–Crippen LogP) is 6.18. The first-order chi connectivity index (χ1) is 16.3. The second-order valence-corrected chi connectivity index (χ2v) is 9.94. The molecule has 2 aromatic carbocycles. The Labute approximate surface area is 214 Å². The Kier molecular flexibility index (Phi) is 7.91. The van der Waals surface area contributed by atoms with Gasteiger partial charge in [-0.1, -0.05) is 53.0 Å². The van der Waals surface area contributed by atoms with Crippen molar-refractivity contribution in [2.45, 2.75) is 37.8 Å². The van der Waals surface area contributed by atoms with E-state index in [1.165, 1.54) is 12.1 Å². The number of pyridine rings is 1. The fourth-order valence-corrected chi connectivity index (χ4v) is 5.19. The number of amides is 1. The van der Waals surface area contributed by atoms with Crippen molar-refractivity contribution in [3.05, 3.63) is 57.5 Å². The number of anilines is 2. The predicted molar refractivity (Wildman–Crippen MR) is 141 cm³/mol. The molecule has 1 fully saturated rings. The second kappa shape index (κ2) is 10.9. The molecule has 2 N–H and O–H groups in total. The maximum atomic E-state index is 12.4. The number of ether oxygens (including phenoxy) is 1. The number of fused-ring (bicyclic) bond motifs is 1. The van der Waals surface area contributed by atoms with E-state index >= 15 is 0 Å². The van der Waals surface area contributed by atoms with E-state index < -0.39 is 0 Å². The van der Waals surface area contributed by atoms with Crippen molar-refractivity contribution >= 4 is 63.1 Å². The third-order valence-corrected chi connectivity index (χ3v) is 6.71. The Hall–Kier alpha value is -2.41. The Morgan fingerprint density at radius 1 is 1.03 bits per heavy atom. The summed E-state index contributed by atoms with van der Waals surface area (Å²) in [6, 6.07) is 13.7. The van der Waals surface area contributed by atoms with Crippen LogP contribution in [-0.4, -0.2) is 43.7 Å². The summed E-state index contributed by atoms with van der Waals surface area (Å²) in [5, 5.41) is 8.73. The normalized spacial score (nSPS) is 17.9. The third-order valence-electron chi connectivity index (χ3n) is 5.93. The number of hydrogen-bond acceptors (Lipinski definition) is 5. The van der Waals surface area contributed by atoms with Gasteiger partial charge in [0.15, 0.2) is 12.4 Å². The maximum Gasteiger partial charge on any atom is 0.258 e. The first-order valence-corrected chi connectivity index (χ1v) is 12.3. The number of para-hydroxylation sites is 1. The van der Waals surface area contributed by atoms with Crippen molar-refractivity contribution < 1.29 is 9.53 Å². The SMILES string of the molecule is CN(C)c1cc(NC2CCC(NC(=O)COc3c(Cl)cc(Cl)cc3Cl)CC2)nc2ccccc12. The fourth-order valence-electron chi connectivity index (χ4n) is 4.27. The van der Waals surface area contributed by atoms with E-state index in [4.69, 9.17) is 44.5 Å². The molecule has 1 aliphatic carbocycles. The first-order valence-electron chi connectivity index (χ1n) is 11.2. The second-order valence-electron chi connectivity index (χ2n) is 8.69. The van der Waals surface area contributed by atoms with Crippen molar-refractivity contribution in [1.82, 2.24) is 10.3 Å². The van der Waals surface area contributed by atoms with Crippen molar-refractivity contribution in [2.75, 3.05) is 30.9 Å². The van der Waals surface area contributed by atoms with Crippen LogP contribution in [0.4, 0.5) is 11.5 Å². The van der Waals surface area contributed by atoms with Gasteiger partial charge in [0.2, 0.25) is 0 Å². The quantitative estimate of drug-likeness (QED) is 0.389. The first kappa shape index (κ1) is 24.7. The summed E-state index contributed by atoms with van der Waals surface area (Å²) in [6.07, 6.45) is 3.62. The van der Waals surface area contributed by atoms with Gasteiger partial charge >= 0.3 is 0 Å². The molecule has 1 aromatic heterocycles. The third kappa shape index (κ3) is 5.98. The summed E-state index contributed by atoms with van der Waals surface area (Å²) >= 11 is 18.1. The maximum absolute atomic E-state index is 12.4. The molecule has 9 heteroatoms. The number of carbonyl (C=O) groups is 1. The van der Waals surface area contributed by atoms with E-state index in [1.54, 1.807) is 0 Å². The van der Waals surface area contributed by atoms with Gasteiger partial charge in [0.1, 0.15) is 5.82 Å². The highest BCUT2D eigenvalue weighted by Crippen LogP contribution is 2.36. The van der Waals surface area contributed by atoms with Crippen LogP contribution in [0.25, 0.3) is 10.9 Å². The minimum Gasteiger partial charge on any atom is -0.481 e. The van der Waals surface area contributed by atoms with Gasteiger partial charge in [0, 0.05) is 48.3 Å². The van der Waals surface area contributed by atoms with Gasteiger partial charge in [0.05, 0.1) is 15.6 Å². The molecule has 0 bridgehead atoms. The number of benzene rings is 2. The summed E-state index contributed by atoms with van der Waals surface area (Å²) in [5.74, 6) is 0.932. The highest BCUT2D eigenvalue weighted by molar-refractivity contribution is 6.40. The summed E-state index contributed by atoms with van der Waals surface area (Å²) in [5.41, 5.74) is 2.10. The molecule has 0 aliphatic heterocycles. The number of hydrogen-bond donors (Lipinski definition) is 2. The minimum absolute atomic E-state index is 0.104. The van der Waals surface area contributed by atoms with Gasteiger partial charge in [0.25, 0.3) is 5.91 Å². The molecule has 6 nitrogen and oxygen atoms in total. The van der Waals surface area contributed by atoms with Gasteiger partial charge in [-0.3, -0.25) is 4.79 Å². The number of halogens is 3. The van der Waals surface area contributed by atoms with Crippen molar-refractivity contribution in [2.24, 2.45) is 0 Å². The lowest BCUT2D eigenvalue weighted by atomic mass is 9.91. The average molecular weight is 522 g/mol. The van der Waals surface area contributed by atoms with Crippen LogP contribution < -0.4 is 20.3 Å². The molecule has 1 amide bonds. The van der Waals surface area contributed by atoms with Gasteiger partial charge in [-0.15, -0.1) is 0 Å². The van der Waals surface area contributed by atoms with Crippen LogP contribution in [0, 0.1) is 0 Å². The summed E-state index contributed by atoms with van der Waals surface area (Å²) in [6.45, 7) is -0.159. The van der Waals surface area contributed by atoms with E-state index in [2.05, 4.69) is 27.7 Å². The summed E-state index contributed by atoms with van der Waals surface area (Å²) < 4.78 is 5.53. The van der Waals surface area contributed by atoms with E-state index in [0.29, 0.717) is 11.1 Å². The van der Waals surface area contributed by atoms with Crippen LogP contribution in [0.1, 0.15) is 25.7 Å². The van der Waals surface area contributed by atoms with Gasteiger partial charge in [-0.2, -0.15) is 0 Å². The number of nitrogens with one attached hydrogen (secondary N) is 2. The van der Waals surface area contributed by atoms with E-state index in [1.807, 2.05) is 32.3 Å². The Balaban J connectivity index is 1.29. The summed E-state index contributed by atoms with van der Waals surface area (Å²) in [4.78, 5) is 19.3. The van der Waals surface area contributed by atoms with Gasteiger partial charge in [-0.25, -0.2) is 4.98 Å². The minimum atomic E-state index is -0.203. The van der Waals surface area contributed by atoms with E-state index in [-0.39, 0.29) is 34.4 Å². The smallest absolute Gasteiger partial charge is 0.258 e. The molecule has 1 heterocycles. The van der Waals surface area contributed by atoms with Gasteiger partial charge < -0.3 is 20.3 Å². The lowest BCUT2D eigenvalue weighted by Gasteiger charge is -2.30. The molecule has 0 atom stereocenters. The topological polar surface area (TPSA) is 66.5 Å². The highest BCUT2D eigenvalue weighted by atomic mass is 35.5. The monoisotopic (exact) mass is 520 g/mol. The molecule has 1 saturated carbocycles. The number of rotatable bonds is 7. The number of aromatic nitrogens is 1. The van der Waals surface area contributed by atoms with Crippen LogP contribution in [0.2, 0.25) is 15.1 Å². The van der Waals surface area contributed by atoms with E-state index in [9.17, 15) is 4.79 Å². The standard InChI is InChI=1S/C25H27Cl3N4O2/c1-32(2)22-13-23(31-21-6-4-3-5-18(21)22)29-16-7-9-17(10-8-16)30-24(33)14-34-25-19(27)11-15(26)12-20(25)28/h3-6,11-13,16-17H,7-10,14H2,1-2H3,(H,29,31)(H,30,33). The van der Waals surface area contributed by atoms with Crippen molar-refractivity contribution in [3.63, 3.8) is 0 Å². The molecule has 0 radical (unpaired) electrons. The lowest BCUT2D eigenvalue weighted by molar-refractivity contribution is -0.124. The number of nitrogens with zero attached hydrogens (tertiary/aromatic N) is 2. The molecule has 180 valence electrons. The number of carbonyl (C=O) groups excluding carboxylic acids is 1. The van der Waals surface area contributed by atoms with E-state index in [0.717, 1.165) is 48.1 Å². The fraction of sp³-hybridized carbons (Fsp3) is 0.360.